The molecule has 2 heterocycles. The third kappa shape index (κ3) is 4.74. The standard InChI is InChI=1S/C23H28N2O4S/c1-15(2)29-17-10-8-16(9-11-17)20-19(21(26)18-7-5-14-30-18)22(27)23(28)25(20)13-6-12-24(3)4/h5,7-11,14-15,20,27H,6,12-13H2,1-4H3/t20-/m1/s1. The number of carbonyl (C=O) groups excluding carboxylic acids is 2. The van der Waals surface area contributed by atoms with E-state index >= 15 is 0 Å². The molecular formula is C23H28N2O4S. The molecule has 0 saturated carbocycles. The molecule has 6 nitrogen and oxygen atoms in total. The van der Waals surface area contributed by atoms with Crippen LogP contribution in [0.15, 0.2) is 53.1 Å². The number of benzene rings is 1. The van der Waals surface area contributed by atoms with E-state index in [1.807, 2.05) is 62.5 Å². The number of nitrogens with zero attached hydrogens (tertiary/aromatic N) is 2. The van der Waals surface area contributed by atoms with Gasteiger partial charge in [0, 0.05) is 6.54 Å². The number of hydrogen-bond donors (Lipinski definition) is 1. The summed E-state index contributed by atoms with van der Waals surface area (Å²) in [6, 6.07) is 10.3. The maximum absolute atomic E-state index is 13.2. The van der Waals surface area contributed by atoms with Crippen molar-refractivity contribution in [3.63, 3.8) is 0 Å². The predicted octanol–water partition coefficient (Wildman–Crippen LogP) is 4.07. The summed E-state index contributed by atoms with van der Waals surface area (Å²) in [7, 11) is 3.94. The van der Waals surface area contributed by atoms with Crippen molar-refractivity contribution in [3.05, 3.63) is 63.6 Å². The Kier molecular flexibility index (Phi) is 6.95. The van der Waals surface area contributed by atoms with Crippen LogP contribution in [0, 0.1) is 0 Å². The first kappa shape index (κ1) is 22.1. The van der Waals surface area contributed by atoms with E-state index in [2.05, 4.69) is 0 Å². The minimum Gasteiger partial charge on any atom is -0.503 e. The maximum atomic E-state index is 13.2. The Morgan fingerprint density at radius 2 is 1.93 bits per heavy atom. The molecule has 1 aliphatic rings. The fraction of sp³-hybridized carbons (Fsp3) is 0.391. The van der Waals surface area contributed by atoms with Crippen molar-refractivity contribution in [3.8, 4) is 5.75 Å². The van der Waals surface area contributed by atoms with Crippen molar-refractivity contribution in [2.45, 2.75) is 32.4 Å². The van der Waals surface area contributed by atoms with Crippen molar-refractivity contribution in [1.82, 2.24) is 9.80 Å². The first-order valence-corrected chi connectivity index (χ1v) is 10.9. The maximum Gasteiger partial charge on any atom is 0.290 e. The van der Waals surface area contributed by atoms with Gasteiger partial charge in [-0.2, -0.15) is 0 Å². The quantitative estimate of drug-likeness (QED) is 0.610. The Bertz CT molecular complexity index is 917. The van der Waals surface area contributed by atoms with Crippen LogP contribution in [0.3, 0.4) is 0 Å². The Morgan fingerprint density at radius 1 is 1.23 bits per heavy atom. The summed E-state index contributed by atoms with van der Waals surface area (Å²) in [5.74, 6) is -0.540. The van der Waals surface area contributed by atoms with Gasteiger partial charge in [-0.05, 0) is 70.1 Å². The van der Waals surface area contributed by atoms with Crippen molar-refractivity contribution < 1.29 is 19.4 Å². The summed E-state index contributed by atoms with van der Waals surface area (Å²) < 4.78 is 5.71. The van der Waals surface area contributed by atoms with Gasteiger partial charge in [0.05, 0.1) is 22.6 Å². The van der Waals surface area contributed by atoms with E-state index < -0.39 is 17.7 Å². The highest BCUT2D eigenvalue weighted by molar-refractivity contribution is 7.12. The van der Waals surface area contributed by atoms with E-state index in [4.69, 9.17) is 4.74 Å². The van der Waals surface area contributed by atoms with E-state index in [0.29, 0.717) is 11.4 Å². The Labute approximate surface area is 181 Å². The molecule has 0 fully saturated rings. The number of ether oxygens (including phenoxy) is 1. The van der Waals surface area contributed by atoms with E-state index in [9.17, 15) is 14.7 Å². The lowest BCUT2D eigenvalue weighted by Crippen LogP contribution is -2.33. The first-order valence-electron chi connectivity index (χ1n) is 10.0. The van der Waals surface area contributed by atoms with Crippen molar-refractivity contribution in [2.75, 3.05) is 27.2 Å². The van der Waals surface area contributed by atoms with Crippen LogP contribution in [0.2, 0.25) is 0 Å². The van der Waals surface area contributed by atoms with Crippen LogP contribution in [0.5, 0.6) is 5.75 Å². The molecule has 0 aliphatic carbocycles. The monoisotopic (exact) mass is 428 g/mol. The third-order valence-electron chi connectivity index (χ3n) is 4.87. The van der Waals surface area contributed by atoms with Gasteiger partial charge in [-0.3, -0.25) is 9.59 Å². The van der Waals surface area contributed by atoms with Gasteiger partial charge < -0.3 is 19.6 Å². The van der Waals surface area contributed by atoms with Crippen molar-refractivity contribution >= 4 is 23.0 Å². The molecule has 160 valence electrons. The number of aliphatic hydroxyl groups excluding tert-OH is 1. The molecule has 2 aromatic rings. The van der Waals surface area contributed by atoms with E-state index in [-0.39, 0.29) is 17.5 Å². The van der Waals surface area contributed by atoms with Crippen molar-refractivity contribution in [2.24, 2.45) is 0 Å². The number of rotatable bonds is 9. The highest BCUT2D eigenvalue weighted by atomic mass is 32.1. The van der Waals surface area contributed by atoms with Gasteiger partial charge in [0.1, 0.15) is 5.75 Å². The molecule has 0 bridgehead atoms. The topological polar surface area (TPSA) is 70.1 Å². The lowest BCUT2D eigenvalue weighted by atomic mass is 9.95. The smallest absolute Gasteiger partial charge is 0.290 e. The zero-order valence-electron chi connectivity index (χ0n) is 17.8. The number of aliphatic hydroxyl groups is 1. The largest absolute Gasteiger partial charge is 0.503 e. The highest BCUT2D eigenvalue weighted by Crippen LogP contribution is 2.40. The second kappa shape index (κ2) is 9.45. The minimum atomic E-state index is -0.623. The fourth-order valence-electron chi connectivity index (χ4n) is 3.56. The van der Waals surface area contributed by atoms with Gasteiger partial charge >= 0.3 is 0 Å². The molecule has 30 heavy (non-hydrogen) atoms. The second-order valence-corrected chi connectivity index (χ2v) is 8.81. The van der Waals surface area contributed by atoms with E-state index in [1.54, 1.807) is 17.0 Å². The molecule has 0 saturated heterocycles. The molecule has 1 amide bonds. The number of amides is 1. The van der Waals surface area contributed by atoms with Crippen molar-refractivity contribution in [1.29, 1.82) is 0 Å². The summed E-state index contributed by atoms with van der Waals surface area (Å²) >= 11 is 1.30. The fourth-order valence-corrected chi connectivity index (χ4v) is 4.24. The van der Waals surface area contributed by atoms with Crippen LogP contribution in [0.1, 0.15) is 41.5 Å². The summed E-state index contributed by atoms with van der Waals surface area (Å²) in [6.07, 6.45) is 0.781. The SMILES string of the molecule is CC(C)Oc1ccc([C@@H]2C(C(=O)c3cccs3)=C(O)C(=O)N2CCCN(C)C)cc1. The number of Topliss-reactive ketones (excluding diaryl/α,β-unsaturated/α-hetero) is 1. The Balaban J connectivity index is 1.96. The predicted molar refractivity (Wildman–Crippen MR) is 118 cm³/mol. The van der Waals surface area contributed by atoms with Gasteiger partial charge in [0.2, 0.25) is 5.78 Å². The zero-order chi connectivity index (χ0) is 21.8. The minimum absolute atomic E-state index is 0.0475. The van der Waals surface area contributed by atoms with Crippen LogP contribution in [0.25, 0.3) is 0 Å². The van der Waals surface area contributed by atoms with Crippen LogP contribution < -0.4 is 4.74 Å². The average molecular weight is 429 g/mol. The third-order valence-corrected chi connectivity index (χ3v) is 5.73. The van der Waals surface area contributed by atoms with Crippen LogP contribution in [0.4, 0.5) is 0 Å². The lowest BCUT2D eigenvalue weighted by molar-refractivity contribution is -0.129. The summed E-state index contributed by atoms with van der Waals surface area (Å²) in [4.78, 5) is 30.2. The number of ketones is 1. The molecule has 1 aliphatic heterocycles. The van der Waals surface area contributed by atoms with Crippen LogP contribution in [-0.2, 0) is 4.79 Å². The first-order chi connectivity index (χ1) is 14.3. The molecule has 0 spiro atoms. The van der Waals surface area contributed by atoms with Crippen LogP contribution in [-0.4, -0.2) is 59.9 Å². The number of carbonyl (C=O) groups is 2. The normalized spacial score (nSPS) is 16.8. The number of thiophene rings is 1. The Hall–Kier alpha value is -2.64. The summed E-state index contributed by atoms with van der Waals surface area (Å²) in [5.41, 5.74) is 0.915. The van der Waals surface area contributed by atoms with Gasteiger partial charge in [0.25, 0.3) is 5.91 Å². The average Bonchev–Trinajstić information content (AvgIpc) is 3.30. The number of hydrogen-bond acceptors (Lipinski definition) is 6. The van der Waals surface area contributed by atoms with Gasteiger partial charge in [0.15, 0.2) is 5.76 Å². The molecule has 1 atom stereocenters. The lowest BCUT2D eigenvalue weighted by Gasteiger charge is -2.27. The molecule has 0 unspecified atom stereocenters. The van der Waals surface area contributed by atoms with Gasteiger partial charge in [-0.1, -0.05) is 18.2 Å². The van der Waals surface area contributed by atoms with E-state index in [0.717, 1.165) is 24.3 Å². The van der Waals surface area contributed by atoms with Gasteiger partial charge in [-0.25, -0.2) is 0 Å². The zero-order valence-corrected chi connectivity index (χ0v) is 18.6. The van der Waals surface area contributed by atoms with Gasteiger partial charge in [-0.15, -0.1) is 11.3 Å². The molecule has 7 heteroatoms. The second-order valence-electron chi connectivity index (χ2n) is 7.86. The van der Waals surface area contributed by atoms with Crippen LogP contribution >= 0.6 is 11.3 Å². The summed E-state index contributed by atoms with van der Waals surface area (Å²) in [5, 5.41) is 12.5. The molecule has 1 aromatic carbocycles. The van der Waals surface area contributed by atoms with E-state index in [1.165, 1.54) is 11.3 Å². The summed E-state index contributed by atoms with van der Waals surface area (Å²) in [6.45, 7) is 5.15. The molecular weight excluding hydrogens is 400 g/mol. The molecule has 0 radical (unpaired) electrons. The molecule has 3 rings (SSSR count). The highest BCUT2D eigenvalue weighted by Gasteiger charge is 2.43. The molecule has 1 aromatic heterocycles. The molecule has 1 N–H and O–H groups in total. The Morgan fingerprint density at radius 3 is 2.50 bits per heavy atom.